The SMILES string of the molecule is CCCCCCCCCCOCCC1=C(CCOCCCCCCCCCC)c2cc3[nH]c(cc4[nH]c(cc5nc(cc1n2)C(CCOCCCCCCCCCC)=C5CCOCCCCCCCCCC)c(CCOCCCCCCCCCC)c4CCOCCCCCCCCCC)c(CCOCCCCCCCCCC)c3CCOCCCCCCCCCC.[Zn]. The monoisotopic (exact) mass is 1850 g/mol. The first-order valence-corrected chi connectivity index (χ1v) is 56.3. The summed E-state index contributed by atoms with van der Waals surface area (Å²) in [5, 5.41) is 0. The van der Waals surface area contributed by atoms with E-state index in [-0.39, 0.29) is 19.5 Å². The van der Waals surface area contributed by atoms with E-state index in [1.807, 2.05) is 0 Å². The van der Waals surface area contributed by atoms with Crippen LogP contribution in [0.4, 0.5) is 0 Å². The van der Waals surface area contributed by atoms with Crippen LogP contribution in [0.3, 0.4) is 0 Å². The zero-order valence-electron chi connectivity index (χ0n) is 86.4. The molecule has 0 amide bonds. The molecule has 2 N–H and O–H groups in total. The second-order valence-electron chi connectivity index (χ2n) is 38.8. The number of H-pyrrole nitrogens is 2. The Bertz CT molecular complexity index is 3080. The van der Waals surface area contributed by atoms with E-state index in [1.54, 1.807) is 0 Å². The first kappa shape index (κ1) is 118. The number of fused-ring (bicyclic) bond motifs is 8. The van der Waals surface area contributed by atoms with Gasteiger partial charge in [-0.25, -0.2) is 9.97 Å². The summed E-state index contributed by atoms with van der Waals surface area (Å²) in [6, 6.07) is 9.78. The van der Waals surface area contributed by atoms with Gasteiger partial charge in [0.05, 0.1) is 75.6 Å². The fraction of sp³-hybridized carbons (Fsp3) is 0.828. The predicted octanol–water partition coefficient (Wildman–Crippen LogP) is 35.1. The first-order valence-electron chi connectivity index (χ1n) is 56.3. The number of hydrogen-bond acceptors (Lipinski definition) is 10. The topological polar surface area (TPSA) is 131 Å². The molecule has 0 aromatic carbocycles. The van der Waals surface area contributed by atoms with Crippen molar-refractivity contribution in [3.8, 4) is 0 Å². The summed E-state index contributed by atoms with van der Waals surface area (Å²) in [4.78, 5) is 20.6. The first-order chi connectivity index (χ1) is 63.5. The smallest absolute Gasteiger partial charge is 0.0695 e. The molecular weight excluding hydrogens is 1640 g/mol. The molecule has 3 aromatic rings. The van der Waals surface area contributed by atoms with Gasteiger partial charge >= 0.3 is 0 Å². The second kappa shape index (κ2) is 86.5. The van der Waals surface area contributed by atoms with E-state index in [1.165, 1.54) is 404 Å². The van der Waals surface area contributed by atoms with Crippen molar-refractivity contribution < 1.29 is 57.4 Å². The fourth-order valence-corrected chi connectivity index (χ4v) is 19.1. The van der Waals surface area contributed by atoms with Gasteiger partial charge in [0.25, 0.3) is 0 Å². The van der Waals surface area contributed by atoms with Crippen molar-refractivity contribution in [1.82, 2.24) is 19.9 Å². The van der Waals surface area contributed by atoms with Crippen LogP contribution < -0.4 is 0 Å². The third-order valence-electron chi connectivity index (χ3n) is 27.2. The number of aromatic amines is 2. The van der Waals surface area contributed by atoms with E-state index < -0.39 is 0 Å². The van der Waals surface area contributed by atoms with Gasteiger partial charge in [-0.1, -0.05) is 415 Å². The average molecular weight is 1850 g/mol. The van der Waals surface area contributed by atoms with Crippen molar-refractivity contribution in [2.24, 2.45) is 0 Å². The standard InChI is InChI=1S/C116H206N4O8.Zn/c1-9-17-25-33-41-49-57-65-81-121-89-73-101-102(74-90-122-82-66-58-50-42-34-26-18-10-2)110-98-112-105(77-93-125-85-69-61-53-45-37-29-21-13-5)106(78-94-126-86-70-62-54-46-38-30-22-14-6)114(119-112)100-116-108(80-96-128-88-72-64-56-48-40-32-24-16-8)107(79-95-127-87-71-63-55-47-39-31-23-15-7)115(120-116)99-113-104(76-92-124-84-68-60-52-44-36-28-20-12-4)103(111(118-113)97-109(101)117-110)75-91-123-83-67-59-51-43-35-27-19-11-3;/h97-100,117-118H,9-96H2,1-8H3;. The van der Waals surface area contributed by atoms with Gasteiger partial charge in [0, 0.05) is 94.4 Å². The minimum absolute atomic E-state index is 0. The summed E-state index contributed by atoms with van der Waals surface area (Å²) < 4.78 is 54.7. The van der Waals surface area contributed by atoms with Crippen molar-refractivity contribution in [2.45, 2.75) is 518 Å². The number of nitrogens with one attached hydrogen (secondary N) is 2. The van der Waals surface area contributed by atoms with Gasteiger partial charge in [-0.3, -0.25) is 0 Å². The molecule has 12 nitrogen and oxygen atoms in total. The molecule has 0 radical (unpaired) electrons. The quantitative estimate of drug-likeness (QED) is 0.0416. The summed E-state index contributed by atoms with van der Waals surface area (Å²) in [6.45, 7) is 29.8. The number of nitrogens with zero attached hydrogens (tertiary/aromatic N) is 2. The van der Waals surface area contributed by atoms with Gasteiger partial charge in [-0.2, -0.15) is 0 Å². The van der Waals surface area contributed by atoms with E-state index in [0.29, 0.717) is 52.9 Å². The van der Waals surface area contributed by atoms with Gasteiger partial charge in [-0.05, 0) is 172 Å². The molecule has 0 spiro atoms. The van der Waals surface area contributed by atoms with E-state index in [9.17, 15) is 0 Å². The Morgan fingerprint density at radius 1 is 0.163 bits per heavy atom. The Kier molecular flexibility index (Phi) is 79.2. The minimum atomic E-state index is 0. The maximum atomic E-state index is 6.84. The van der Waals surface area contributed by atoms with Crippen molar-refractivity contribution in [3.05, 3.63) is 69.3 Å². The number of ether oxygens (including phenoxy) is 8. The Morgan fingerprint density at radius 3 is 0.473 bits per heavy atom. The predicted molar refractivity (Wildman–Crippen MR) is 555 cm³/mol. The van der Waals surface area contributed by atoms with E-state index >= 15 is 0 Å². The van der Waals surface area contributed by atoms with Crippen LogP contribution in [-0.4, -0.2) is 126 Å². The van der Waals surface area contributed by atoms with Crippen molar-refractivity contribution in [2.75, 3.05) is 106 Å². The van der Waals surface area contributed by atoms with Crippen molar-refractivity contribution in [1.29, 1.82) is 0 Å². The Hall–Kier alpha value is -3.10. The Morgan fingerprint density at radius 2 is 0.302 bits per heavy atom. The molecule has 0 unspecified atom stereocenters. The summed E-state index contributed by atoms with van der Waals surface area (Å²) in [5.74, 6) is 0. The maximum Gasteiger partial charge on any atom is 0.0695 e. The molecule has 13 heteroatoms. The molecule has 0 saturated carbocycles. The molecule has 0 aliphatic carbocycles. The molecule has 740 valence electrons. The van der Waals surface area contributed by atoms with Crippen LogP contribution in [0.2, 0.25) is 0 Å². The van der Waals surface area contributed by atoms with Gasteiger partial charge in [0.1, 0.15) is 0 Å². The largest absolute Gasteiger partial charge is 0.381 e. The van der Waals surface area contributed by atoms with Crippen LogP contribution in [0.1, 0.15) is 537 Å². The zero-order valence-corrected chi connectivity index (χ0v) is 89.4. The molecule has 2 aliphatic rings. The molecule has 5 heterocycles. The van der Waals surface area contributed by atoms with E-state index in [0.717, 1.165) is 200 Å². The van der Waals surface area contributed by atoms with E-state index in [4.69, 9.17) is 47.9 Å². The van der Waals surface area contributed by atoms with Crippen LogP contribution in [0, 0.1) is 0 Å². The molecule has 3 aromatic heterocycles. The fourth-order valence-electron chi connectivity index (χ4n) is 19.1. The summed E-state index contributed by atoms with van der Waals surface area (Å²) >= 11 is 0. The molecule has 0 fully saturated rings. The average Bonchev–Trinajstić information content (AvgIpc) is 1.61. The second-order valence-corrected chi connectivity index (χ2v) is 38.8. The molecule has 8 bridgehead atoms. The summed E-state index contributed by atoms with van der Waals surface area (Å²) in [6.07, 6.45) is 88.0. The Balaban J connectivity index is 0.0000348. The minimum Gasteiger partial charge on any atom is -0.381 e. The molecule has 0 atom stereocenters. The molecule has 5 rings (SSSR count). The van der Waals surface area contributed by atoms with Gasteiger partial charge in [-0.15, -0.1) is 0 Å². The molecule has 0 saturated heterocycles. The molecular formula is C116H206N4O8Zn. The molecule has 129 heavy (non-hydrogen) atoms. The van der Waals surface area contributed by atoms with Gasteiger partial charge in [0.15, 0.2) is 0 Å². The summed E-state index contributed by atoms with van der Waals surface area (Å²) in [7, 11) is 0. The van der Waals surface area contributed by atoms with Crippen LogP contribution in [0.15, 0.2) is 24.3 Å². The number of hydrogen-bond donors (Lipinski definition) is 2. The van der Waals surface area contributed by atoms with Crippen LogP contribution in [-0.2, 0) is 83.1 Å². The number of aromatic nitrogens is 4. The summed E-state index contributed by atoms with van der Waals surface area (Å²) in [5.41, 5.74) is 18.8. The third-order valence-corrected chi connectivity index (χ3v) is 27.2. The van der Waals surface area contributed by atoms with Crippen molar-refractivity contribution in [3.63, 3.8) is 0 Å². The van der Waals surface area contributed by atoms with Crippen LogP contribution >= 0.6 is 0 Å². The van der Waals surface area contributed by atoms with Gasteiger partial charge in [0.2, 0.25) is 0 Å². The Labute approximate surface area is 809 Å². The van der Waals surface area contributed by atoms with Gasteiger partial charge < -0.3 is 47.9 Å². The number of unbranched alkanes of at least 4 members (excludes halogenated alkanes) is 56. The van der Waals surface area contributed by atoms with Crippen molar-refractivity contribution >= 4 is 44.4 Å². The zero-order chi connectivity index (χ0) is 90.8. The third kappa shape index (κ3) is 57.7. The van der Waals surface area contributed by atoms with E-state index in [2.05, 4.69) is 89.6 Å². The van der Waals surface area contributed by atoms with Crippen LogP contribution in [0.25, 0.3) is 44.4 Å². The normalized spacial score (nSPS) is 12.4. The molecule has 2 aliphatic heterocycles. The van der Waals surface area contributed by atoms with Crippen LogP contribution in [0.5, 0.6) is 0 Å². The number of rotatable bonds is 96. The maximum absolute atomic E-state index is 6.84.